The summed E-state index contributed by atoms with van der Waals surface area (Å²) in [5.41, 5.74) is 4.21. The van der Waals surface area contributed by atoms with Crippen LogP contribution in [0.3, 0.4) is 0 Å². The van der Waals surface area contributed by atoms with Gasteiger partial charge in [0.25, 0.3) is 0 Å². The normalized spacial score (nSPS) is 18.8. The Kier molecular flexibility index (Phi) is 3.92. The first kappa shape index (κ1) is 16.0. The molecule has 1 unspecified atom stereocenters. The summed E-state index contributed by atoms with van der Waals surface area (Å²) in [7, 11) is 1.57. The molecule has 0 saturated carbocycles. The van der Waals surface area contributed by atoms with Crippen LogP contribution in [0.15, 0.2) is 30.3 Å². The molecule has 0 amide bonds. The Bertz CT molecular complexity index is 853. The van der Waals surface area contributed by atoms with Gasteiger partial charge in [0, 0.05) is 37.5 Å². The molecule has 0 aliphatic carbocycles. The molecule has 2 aliphatic rings. The Hall–Kier alpha value is -2.47. The largest absolute Gasteiger partial charge is 0.451 e. The molecule has 2 heterocycles. The third-order valence-electron chi connectivity index (χ3n) is 4.79. The number of fused-ring (bicyclic) bond motifs is 2. The molecule has 4 nitrogen and oxygen atoms in total. The average Bonchev–Trinajstić information content (AvgIpc) is 2.91. The lowest BCUT2D eigenvalue weighted by atomic mass is 9.92. The minimum absolute atomic E-state index is 0.332. The Balaban J connectivity index is 1.65. The van der Waals surface area contributed by atoms with Crippen LogP contribution in [0.4, 0.5) is 14.5 Å². The molecule has 0 fully saturated rings. The highest BCUT2D eigenvalue weighted by atomic mass is 19.2. The molecule has 25 heavy (non-hydrogen) atoms. The topological polar surface area (TPSA) is 38.8 Å². The van der Waals surface area contributed by atoms with E-state index in [4.69, 9.17) is 9.47 Å². The monoisotopic (exact) mass is 345 g/mol. The second-order valence-electron chi connectivity index (χ2n) is 6.33. The van der Waals surface area contributed by atoms with E-state index in [9.17, 15) is 13.6 Å². The zero-order valence-corrected chi connectivity index (χ0v) is 13.7. The summed E-state index contributed by atoms with van der Waals surface area (Å²) in [6.45, 7) is 1.56. The zero-order chi connectivity index (χ0) is 17.6. The van der Waals surface area contributed by atoms with Gasteiger partial charge in [-0.3, -0.25) is 0 Å². The molecule has 1 atom stereocenters. The van der Waals surface area contributed by atoms with Crippen LogP contribution in [0.25, 0.3) is 0 Å². The van der Waals surface area contributed by atoms with E-state index >= 15 is 0 Å². The molecule has 0 spiro atoms. The van der Waals surface area contributed by atoms with Gasteiger partial charge in [0.15, 0.2) is 17.7 Å². The van der Waals surface area contributed by atoms with E-state index in [0.717, 1.165) is 29.2 Å². The molecular weight excluding hydrogens is 328 g/mol. The van der Waals surface area contributed by atoms with Crippen LogP contribution in [-0.2, 0) is 22.4 Å². The number of carbonyl (C=O) groups is 1. The number of carbonyl (C=O) groups excluding carboxylic acids is 1. The van der Waals surface area contributed by atoms with Crippen LogP contribution in [0.2, 0.25) is 0 Å². The standard InChI is InChI=1S/C19H17F2NO3/c1-24-10-18-14-6-11-4-5-22(13-2-3-16(20)17(21)8-13)9-12(11)7-15(14)19(23)25-18/h2-3,6-8,18H,4-5,9-10H2,1H3. The summed E-state index contributed by atoms with van der Waals surface area (Å²) in [4.78, 5) is 14.1. The Morgan fingerprint density at radius 2 is 2.04 bits per heavy atom. The van der Waals surface area contributed by atoms with Crippen LogP contribution in [0.5, 0.6) is 0 Å². The number of hydrogen-bond acceptors (Lipinski definition) is 4. The molecule has 0 bridgehead atoms. The fourth-order valence-corrected chi connectivity index (χ4v) is 3.51. The number of methoxy groups -OCH3 is 1. The van der Waals surface area contributed by atoms with Crippen molar-refractivity contribution in [1.29, 1.82) is 0 Å². The Morgan fingerprint density at radius 3 is 2.80 bits per heavy atom. The fourth-order valence-electron chi connectivity index (χ4n) is 3.51. The van der Waals surface area contributed by atoms with Gasteiger partial charge in [-0.25, -0.2) is 13.6 Å². The molecule has 4 rings (SSSR count). The van der Waals surface area contributed by atoms with E-state index in [1.165, 1.54) is 6.07 Å². The molecular formula is C19H17F2NO3. The van der Waals surface area contributed by atoms with Crippen molar-refractivity contribution in [3.8, 4) is 0 Å². The van der Waals surface area contributed by atoms with Gasteiger partial charge in [0.1, 0.15) is 0 Å². The first-order chi connectivity index (χ1) is 12.1. The highest BCUT2D eigenvalue weighted by Crippen LogP contribution is 2.35. The van der Waals surface area contributed by atoms with Crippen LogP contribution in [0, 0.1) is 11.6 Å². The first-order valence-electron chi connectivity index (χ1n) is 8.12. The van der Waals surface area contributed by atoms with Crippen molar-refractivity contribution in [1.82, 2.24) is 0 Å². The summed E-state index contributed by atoms with van der Waals surface area (Å²) in [5, 5.41) is 0. The SMILES string of the molecule is COCC1OC(=O)c2cc3c(cc21)CCN(c1ccc(F)c(F)c1)C3. The summed E-state index contributed by atoms with van der Waals surface area (Å²) in [5.74, 6) is -2.06. The van der Waals surface area contributed by atoms with Gasteiger partial charge in [0.2, 0.25) is 0 Å². The summed E-state index contributed by atoms with van der Waals surface area (Å²) in [6.07, 6.45) is 0.400. The van der Waals surface area contributed by atoms with E-state index in [1.54, 1.807) is 13.2 Å². The van der Waals surface area contributed by atoms with E-state index in [1.807, 2.05) is 17.0 Å². The van der Waals surface area contributed by atoms with Crippen molar-refractivity contribution in [3.05, 3.63) is 64.2 Å². The van der Waals surface area contributed by atoms with Gasteiger partial charge >= 0.3 is 5.97 Å². The van der Waals surface area contributed by atoms with Crippen LogP contribution in [-0.4, -0.2) is 26.2 Å². The lowest BCUT2D eigenvalue weighted by Gasteiger charge is -2.31. The van der Waals surface area contributed by atoms with Crippen LogP contribution < -0.4 is 4.90 Å². The molecule has 0 aromatic heterocycles. The lowest BCUT2D eigenvalue weighted by Crippen LogP contribution is -2.30. The summed E-state index contributed by atoms with van der Waals surface area (Å²) >= 11 is 0. The third kappa shape index (κ3) is 2.76. The fraction of sp³-hybridized carbons (Fsp3) is 0.316. The van der Waals surface area contributed by atoms with Crippen molar-refractivity contribution in [2.45, 2.75) is 19.1 Å². The maximum absolute atomic E-state index is 13.5. The van der Waals surface area contributed by atoms with E-state index < -0.39 is 11.6 Å². The number of halogens is 2. The Labute approximate surface area is 144 Å². The van der Waals surface area contributed by atoms with Crippen molar-refractivity contribution in [3.63, 3.8) is 0 Å². The summed E-state index contributed by atoms with van der Waals surface area (Å²) < 4.78 is 37.1. The van der Waals surface area contributed by atoms with Crippen LogP contribution >= 0.6 is 0 Å². The molecule has 0 saturated heterocycles. The van der Waals surface area contributed by atoms with Gasteiger partial charge < -0.3 is 14.4 Å². The molecule has 130 valence electrons. The highest BCUT2D eigenvalue weighted by molar-refractivity contribution is 5.94. The molecule has 2 aromatic carbocycles. The second-order valence-corrected chi connectivity index (χ2v) is 6.33. The van der Waals surface area contributed by atoms with Crippen molar-refractivity contribution < 1.29 is 23.0 Å². The smallest absolute Gasteiger partial charge is 0.339 e. The first-order valence-corrected chi connectivity index (χ1v) is 8.12. The van der Waals surface area contributed by atoms with E-state index in [2.05, 4.69) is 0 Å². The third-order valence-corrected chi connectivity index (χ3v) is 4.79. The van der Waals surface area contributed by atoms with Crippen molar-refractivity contribution in [2.75, 3.05) is 25.2 Å². The van der Waals surface area contributed by atoms with Crippen molar-refractivity contribution in [2.24, 2.45) is 0 Å². The number of rotatable bonds is 3. The molecule has 2 aromatic rings. The molecule has 2 aliphatic heterocycles. The van der Waals surface area contributed by atoms with Gasteiger partial charge in [-0.1, -0.05) is 6.07 Å². The minimum atomic E-state index is -0.858. The highest BCUT2D eigenvalue weighted by Gasteiger charge is 2.33. The Morgan fingerprint density at radius 1 is 1.20 bits per heavy atom. The van der Waals surface area contributed by atoms with Gasteiger partial charge in [-0.05, 0) is 35.7 Å². The van der Waals surface area contributed by atoms with Gasteiger partial charge in [0.05, 0.1) is 12.2 Å². The average molecular weight is 345 g/mol. The predicted molar refractivity (Wildman–Crippen MR) is 87.6 cm³/mol. The predicted octanol–water partition coefficient (Wildman–Crippen LogP) is 3.39. The quantitative estimate of drug-likeness (QED) is 0.800. The minimum Gasteiger partial charge on any atom is -0.451 e. The number of anilines is 1. The van der Waals surface area contributed by atoms with Gasteiger partial charge in [-0.2, -0.15) is 0 Å². The zero-order valence-electron chi connectivity index (χ0n) is 13.7. The number of cyclic esters (lactones) is 1. The number of benzene rings is 2. The number of esters is 1. The maximum atomic E-state index is 13.5. The summed E-state index contributed by atoms with van der Waals surface area (Å²) in [6, 6.07) is 7.78. The van der Waals surface area contributed by atoms with Gasteiger partial charge in [-0.15, -0.1) is 0 Å². The van der Waals surface area contributed by atoms with E-state index in [0.29, 0.717) is 30.9 Å². The number of nitrogens with zero attached hydrogens (tertiary/aromatic N) is 1. The second kappa shape index (κ2) is 6.11. The van der Waals surface area contributed by atoms with Crippen LogP contribution in [0.1, 0.15) is 33.2 Å². The number of hydrogen-bond donors (Lipinski definition) is 0. The molecule has 0 radical (unpaired) electrons. The molecule has 0 N–H and O–H groups in total. The van der Waals surface area contributed by atoms with E-state index in [-0.39, 0.29) is 12.1 Å². The molecule has 6 heteroatoms. The number of ether oxygens (including phenoxy) is 2. The van der Waals surface area contributed by atoms with Crippen molar-refractivity contribution >= 4 is 11.7 Å². The maximum Gasteiger partial charge on any atom is 0.339 e. The lowest BCUT2D eigenvalue weighted by molar-refractivity contribution is 0.0152.